The molecule has 1 aliphatic carbocycles. The van der Waals surface area contributed by atoms with Crippen molar-refractivity contribution in [3.05, 3.63) is 23.2 Å². The molecule has 0 saturated heterocycles. The lowest BCUT2D eigenvalue weighted by Gasteiger charge is -2.21. The van der Waals surface area contributed by atoms with Gasteiger partial charge in [0.05, 0.1) is 11.6 Å². The molecule has 8 heteroatoms. The Labute approximate surface area is 128 Å². The Kier molecular flexibility index (Phi) is 4.75. The van der Waals surface area contributed by atoms with Gasteiger partial charge in [-0.05, 0) is 38.0 Å². The molecule has 1 aromatic carbocycles. The summed E-state index contributed by atoms with van der Waals surface area (Å²) in [6.07, 6.45) is 1.45. The Morgan fingerprint density at radius 1 is 1.48 bits per heavy atom. The number of nitrogens with zero attached hydrogens (tertiary/aromatic N) is 1. The van der Waals surface area contributed by atoms with Crippen molar-refractivity contribution in [1.82, 2.24) is 4.31 Å². The highest BCUT2D eigenvalue weighted by Crippen LogP contribution is 2.34. The maximum Gasteiger partial charge on any atom is 0.321 e. The van der Waals surface area contributed by atoms with E-state index >= 15 is 0 Å². The lowest BCUT2D eigenvalue weighted by atomic mass is 10.3. The van der Waals surface area contributed by atoms with Gasteiger partial charge in [-0.15, -0.1) is 0 Å². The number of ether oxygens (including phenoxy) is 1. The van der Waals surface area contributed by atoms with Crippen molar-refractivity contribution in [2.24, 2.45) is 0 Å². The summed E-state index contributed by atoms with van der Waals surface area (Å²) in [5.74, 6) is -0.570. The van der Waals surface area contributed by atoms with Crippen LogP contribution in [0.1, 0.15) is 19.8 Å². The fourth-order valence-corrected chi connectivity index (χ4v) is 4.12. The first kappa shape index (κ1) is 16.1. The summed E-state index contributed by atoms with van der Waals surface area (Å²) in [4.78, 5) is 11.6. The molecular weight excluding hydrogens is 316 g/mol. The summed E-state index contributed by atoms with van der Waals surface area (Å²) in [6, 6.07) is 4.03. The van der Waals surface area contributed by atoms with Crippen LogP contribution in [0.5, 0.6) is 0 Å². The quantitative estimate of drug-likeness (QED) is 0.631. The molecule has 0 heterocycles. The normalized spacial score (nSPS) is 15.2. The van der Waals surface area contributed by atoms with E-state index in [1.165, 1.54) is 18.2 Å². The van der Waals surface area contributed by atoms with E-state index in [0.29, 0.717) is 5.69 Å². The van der Waals surface area contributed by atoms with Gasteiger partial charge in [0, 0.05) is 11.7 Å². The highest BCUT2D eigenvalue weighted by atomic mass is 35.5. The Balaban J connectivity index is 2.31. The predicted molar refractivity (Wildman–Crippen MR) is 79.4 cm³/mol. The number of esters is 1. The number of rotatable bonds is 6. The molecule has 0 radical (unpaired) electrons. The van der Waals surface area contributed by atoms with Gasteiger partial charge in [0.1, 0.15) is 11.4 Å². The maximum absolute atomic E-state index is 12.7. The summed E-state index contributed by atoms with van der Waals surface area (Å²) in [5.41, 5.74) is 5.95. The summed E-state index contributed by atoms with van der Waals surface area (Å²) >= 11 is 5.98. The zero-order valence-corrected chi connectivity index (χ0v) is 13.2. The van der Waals surface area contributed by atoms with E-state index in [1.807, 2.05) is 0 Å². The maximum atomic E-state index is 12.7. The Bertz CT molecular complexity index is 644. The fraction of sp³-hybridized carbons (Fsp3) is 0.462. The summed E-state index contributed by atoms with van der Waals surface area (Å²) < 4.78 is 31.3. The molecule has 0 amide bonds. The van der Waals surface area contributed by atoms with Gasteiger partial charge in [-0.2, -0.15) is 4.31 Å². The van der Waals surface area contributed by atoms with Crippen molar-refractivity contribution in [3.63, 3.8) is 0 Å². The average Bonchev–Trinajstić information content (AvgIpc) is 3.19. The molecule has 0 spiro atoms. The molecule has 0 aliphatic heterocycles. The SMILES string of the molecule is CCOC(=O)CN(C1CC1)S(=O)(=O)c1ccc(N)cc1Cl. The Morgan fingerprint density at radius 3 is 2.67 bits per heavy atom. The number of nitrogens with two attached hydrogens (primary N) is 1. The average molecular weight is 333 g/mol. The first-order valence-corrected chi connectivity index (χ1v) is 8.40. The number of nitrogen functional groups attached to an aromatic ring is 1. The zero-order chi connectivity index (χ0) is 15.6. The Morgan fingerprint density at radius 2 is 2.14 bits per heavy atom. The molecular formula is C13H17ClN2O4S. The third kappa shape index (κ3) is 3.66. The number of hydrogen-bond acceptors (Lipinski definition) is 5. The van der Waals surface area contributed by atoms with Crippen molar-refractivity contribution >= 4 is 33.3 Å². The highest BCUT2D eigenvalue weighted by molar-refractivity contribution is 7.89. The molecule has 2 rings (SSSR count). The van der Waals surface area contributed by atoms with Crippen LogP contribution >= 0.6 is 11.6 Å². The van der Waals surface area contributed by atoms with Gasteiger partial charge in [0.15, 0.2) is 0 Å². The molecule has 0 bridgehead atoms. The number of carbonyl (C=O) groups excluding carboxylic acids is 1. The Hall–Kier alpha value is -1.31. The van der Waals surface area contributed by atoms with Crippen molar-refractivity contribution in [1.29, 1.82) is 0 Å². The fourth-order valence-electron chi connectivity index (χ4n) is 1.96. The topological polar surface area (TPSA) is 89.7 Å². The van der Waals surface area contributed by atoms with Crippen LogP contribution in [0.25, 0.3) is 0 Å². The summed E-state index contributed by atoms with van der Waals surface area (Å²) in [6.45, 7) is 1.58. The van der Waals surface area contributed by atoms with Gasteiger partial charge >= 0.3 is 5.97 Å². The van der Waals surface area contributed by atoms with E-state index in [-0.39, 0.29) is 29.1 Å². The molecule has 21 heavy (non-hydrogen) atoms. The van der Waals surface area contributed by atoms with Crippen LogP contribution < -0.4 is 5.73 Å². The van der Waals surface area contributed by atoms with Crippen molar-refractivity contribution in [3.8, 4) is 0 Å². The third-order valence-electron chi connectivity index (χ3n) is 3.09. The van der Waals surface area contributed by atoms with E-state index in [4.69, 9.17) is 22.1 Å². The lowest BCUT2D eigenvalue weighted by Crippen LogP contribution is -2.38. The van der Waals surface area contributed by atoms with Crippen LogP contribution in [0.3, 0.4) is 0 Å². The summed E-state index contributed by atoms with van der Waals surface area (Å²) in [7, 11) is -3.85. The second kappa shape index (κ2) is 6.21. The van der Waals surface area contributed by atoms with Gasteiger partial charge in [-0.3, -0.25) is 4.79 Å². The number of benzene rings is 1. The summed E-state index contributed by atoms with van der Waals surface area (Å²) in [5, 5.41) is 0.0458. The number of carbonyl (C=O) groups is 1. The minimum Gasteiger partial charge on any atom is -0.465 e. The lowest BCUT2D eigenvalue weighted by molar-refractivity contribution is -0.143. The van der Waals surface area contributed by atoms with Crippen LogP contribution in [0.15, 0.2) is 23.1 Å². The highest BCUT2D eigenvalue weighted by Gasteiger charge is 2.40. The first-order valence-electron chi connectivity index (χ1n) is 6.58. The molecule has 6 nitrogen and oxygen atoms in total. The third-order valence-corrected chi connectivity index (χ3v) is 5.47. The smallest absolute Gasteiger partial charge is 0.321 e. The number of anilines is 1. The standard InChI is InChI=1S/C13H17ClN2O4S/c1-2-20-13(17)8-16(10-4-5-10)21(18,19)12-6-3-9(15)7-11(12)14/h3,6-7,10H,2,4-5,8,15H2,1H3. The second-order valence-electron chi connectivity index (χ2n) is 4.78. The number of sulfonamides is 1. The van der Waals surface area contributed by atoms with Gasteiger partial charge in [0.25, 0.3) is 0 Å². The molecule has 1 aromatic rings. The second-order valence-corrected chi connectivity index (χ2v) is 7.04. The van der Waals surface area contributed by atoms with Crippen molar-refractivity contribution in [2.75, 3.05) is 18.9 Å². The molecule has 1 aliphatic rings. The van der Waals surface area contributed by atoms with Gasteiger partial charge in [0.2, 0.25) is 10.0 Å². The number of hydrogen-bond donors (Lipinski definition) is 1. The minimum absolute atomic E-state index is 0.0458. The van der Waals surface area contributed by atoms with Gasteiger partial charge in [-0.1, -0.05) is 11.6 Å². The van der Waals surface area contributed by atoms with Crippen LogP contribution in [0, 0.1) is 0 Å². The van der Waals surface area contributed by atoms with Gasteiger partial charge < -0.3 is 10.5 Å². The molecule has 1 fully saturated rings. The predicted octanol–water partition coefficient (Wildman–Crippen LogP) is 1.64. The van der Waals surface area contributed by atoms with Crippen molar-refractivity contribution in [2.45, 2.75) is 30.7 Å². The van der Waals surface area contributed by atoms with E-state index in [0.717, 1.165) is 17.1 Å². The van der Waals surface area contributed by atoms with E-state index in [1.54, 1.807) is 6.92 Å². The molecule has 116 valence electrons. The largest absolute Gasteiger partial charge is 0.465 e. The zero-order valence-electron chi connectivity index (χ0n) is 11.6. The van der Waals surface area contributed by atoms with E-state index < -0.39 is 16.0 Å². The van der Waals surface area contributed by atoms with Gasteiger partial charge in [-0.25, -0.2) is 8.42 Å². The number of halogens is 1. The van der Waals surface area contributed by atoms with E-state index in [2.05, 4.69) is 0 Å². The minimum atomic E-state index is -3.85. The van der Waals surface area contributed by atoms with E-state index in [9.17, 15) is 13.2 Å². The van der Waals surface area contributed by atoms with Crippen LogP contribution in [0.4, 0.5) is 5.69 Å². The van der Waals surface area contributed by atoms with Crippen LogP contribution in [-0.4, -0.2) is 37.9 Å². The molecule has 0 unspecified atom stereocenters. The molecule has 1 saturated carbocycles. The van der Waals surface area contributed by atoms with Crippen LogP contribution in [-0.2, 0) is 19.6 Å². The molecule has 0 aromatic heterocycles. The first-order chi connectivity index (χ1) is 9.86. The molecule has 0 atom stereocenters. The molecule has 2 N–H and O–H groups in total. The van der Waals surface area contributed by atoms with Crippen molar-refractivity contribution < 1.29 is 17.9 Å². The monoisotopic (exact) mass is 332 g/mol. The van der Waals surface area contributed by atoms with Crippen LogP contribution in [0.2, 0.25) is 5.02 Å².